The van der Waals surface area contributed by atoms with Crippen molar-refractivity contribution in [3.63, 3.8) is 0 Å². The molecule has 1 N–H and O–H groups in total. The number of nitrogens with zero attached hydrogens (tertiary/aromatic N) is 5. The van der Waals surface area contributed by atoms with Crippen molar-refractivity contribution < 1.29 is 4.79 Å². The molecule has 0 unspecified atom stereocenters. The lowest BCUT2D eigenvalue weighted by Gasteiger charge is -2.36. The van der Waals surface area contributed by atoms with Crippen molar-refractivity contribution in [1.29, 1.82) is 0 Å². The smallest absolute Gasteiger partial charge is 0.317 e. The van der Waals surface area contributed by atoms with E-state index >= 15 is 0 Å². The lowest BCUT2D eigenvalue weighted by molar-refractivity contribution is 0.193. The second-order valence-corrected chi connectivity index (χ2v) is 8.01. The summed E-state index contributed by atoms with van der Waals surface area (Å²) >= 11 is 0. The van der Waals surface area contributed by atoms with Crippen LogP contribution in [0, 0.1) is 0 Å². The Hall–Kier alpha value is -2.31. The number of amides is 2. The zero-order valence-corrected chi connectivity index (χ0v) is 16.8. The molecule has 28 heavy (non-hydrogen) atoms. The summed E-state index contributed by atoms with van der Waals surface area (Å²) < 4.78 is 0. The van der Waals surface area contributed by atoms with Gasteiger partial charge in [-0.1, -0.05) is 6.08 Å². The van der Waals surface area contributed by atoms with E-state index in [2.05, 4.69) is 21.7 Å². The monoisotopic (exact) mass is 384 g/mol. The summed E-state index contributed by atoms with van der Waals surface area (Å²) in [5.74, 6) is 1.95. The number of fused-ring (bicyclic) bond motifs is 1. The fourth-order valence-corrected chi connectivity index (χ4v) is 4.43. The molecule has 2 fully saturated rings. The number of carbonyl (C=O) groups excluding carboxylic acids is 1. The van der Waals surface area contributed by atoms with Gasteiger partial charge in [-0.3, -0.25) is 0 Å². The first kappa shape index (κ1) is 19.0. The molecule has 3 aliphatic heterocycles. The van der Waals surface area contributed by atoms with Gasteiger partial charge in [0.15, 0.2) is 0 Å². The van der Waals surface area contributed by atoms with E-state index in [1.54, 1.807) is 6.08 Å². The largest absolute Gasteiger partial charge is 0.356 e. The fourth-order valence-electron chi connectivity index (χ4n) is 4.43. The summed E-state index contributed by atoms with van der Waals surface area (Å²) in [5, 5.41) is 2.90. The normalized spacial score (nSPS) is 19.9. The third-order valence-corrected chi connectivity index (χ3v) is 6.01. The minimum Gasteiger partial charge on any atom is -0.356 e. The topological polar surface area (TPSA) is 64.6 Å². The van der Waals surface area contributed by atoms with Gasteiger partial charge in [-0.25, -0.2) is 9.78 Å². The van der Waals surface area contributed by atoms with Crippen LogP contribution in [0.1, 0.15) is 49.8 Å². The second kappa shape index (κ2) is 8.80. The van der Waals surface area contributed by atoms with Crippen molar-refractivity contribution in [2.45, 2.75) is 51.5 Å². The van der Waals surface area contributed by atoms with E-state index in [0.29, 0.717) is 19.6 Å². The molecule has 4 rings (SSSR count). The highest BCUT2D eigenvalue weighted by Crippen LogP contribution is 2.31. The molecule has 152 valence electrons. The molecule has 1 aromatic rings. The van der Waals surface area contributed by atoms with Crippen molar-refractivity contribution in [1.82, 2.24) is 20.2 Å². The van der Waals surface area contributed by atoms with E-state index in [0.717, 1.165) is 55.6 Å². The molecule has 0 radical (unpaired) electrons. The van der Waals surface area contributed by atoms with Gasteiger partial charge in [0, 0.05) is 51.3 Å². The molecule has 2 saturated heterocycles. The first-order valence-corrected chi connectivity index (χ1v) is 10.8. The quantitative estimate of drug-likeness (QED) is 0.809. The minimum atomic E-state index is -0.0322. The number of aromatic nitrogens is 2. The Morgan fingerprint density at radius 2 is 1.64 bits per heavy atom. The highest BCUT2D eigenvalue weighted by atomic mass is 16.2. The molecule has 0 aliphatic carbocycles. The molecule has 0 spiro atoms. The van der Waals surface area contributed by atoms with Crippen LogP contribution in [0.3, 0.4) is 0 Å². The Balaban J connectivity index is 1.63. The van der Waals surface area contributed by atoms with Crippen molar-refractivity contribution in [2.24, 2.45) is 0 Å². The molecular weight excluding hydrogens is 352 g/mol. The molecular formula is C21H32N6O. The van der Waals surface area contributed by atoms with Gasteiger partial charge in [0.25, 0.3) is 0 Å². The van der Waals surface area contributed by atoms with Gasteiger partial charge in [-0.2, -0.15) is 4.98 Å². The molecule has 0 bridgehead atoms. The van der Waals surface area contributed by atoms with Crippen molar-refractivity contribution in [3.05, 3.63) is 23.9 Å². The second-order valence-electron chi connectivity index (χ2n) is 8.01. The van der Waals surface area contributed by atoms with E-state index in [4.69, 9.17) is 9.97 Å². The number of carbonyl (C=O) groups is 1. The Morgan fingerprint density at radius 3 is 2.32 bits per heavy atom. The average Bonchev–Trinajstić information content (AvgIpc) is 2.77. The van der Waals surface area contributed by atoms with Gasteiger partial charge in [0.1, 0.15) is 5.82 Å². The summed E-state index contributed by atoms with van der Waals surface area (Å²) in [6.45, 7) is 9.65. The Kier molecular flexibility index (Phi) is 5.98. The van der Waals surface area contributed by atoms with Crippen LogP contribution >= 0.6 is 0 Å². The Bertz CT molecular complexity index is 709. The van der Waals surface area contributed by atoms with Crippen LogP contribution in [0.2, 0.25) is 0 Å². The van der Waals surface area contributed by atoms with Crippen LogP contribution in [0.15, 0.2) is 12.7 Å². The van der Waals surface area contributed by atoms with Crippen molar-refractivity contribution >= 4 is 17.8 Å². The van der Waals surface area contributed by atoms with Crippen molar-refractivity contribution in [3.8, 4) is 0 Å². The fraction of sp³-hybridized carbons (Fsp3) is 0.667. The number of anilines is 2. The number of piperidine rings is 2. The van der Waals surface area contributed by atoms with E-state index in [1.165, 1.54) is 38.5 Å². The number of nitrogens with one attached hydrogen (secondary N) is 1. The summed E-state index contributed by atoms with van der Waals surface area (Å²) in [4.78, 5) is 29.1. The standard InChI is InChI=1S/C21H32N6O/c1-2-10-22-21(28)27-15-9-18-17(16-27)19(25-11-5-3-6-12-25)24-20(23-18)26-13-7-4-8-14-26/h2H,1,3-16H2,(H,22,28). The third kappa shape index (κ3) is 4.08. The summed E-state index contributed by atoms with van der Waals surface area (Å²) in [7, 11) is 0. The number of hydrogen-bond acceptors (Lipinski definition) is 5. The number of hydrogen-bond donors (Lipinski definition) is 1. The summed E-state index contributed by atoms with van der Waals surface area (Å²) in [5.41, 5.74) is 2.27. The predicted molar refractivity (Wildman–Crippen MR) is 112 cm³/mol. The molecule has 4 heterocycles. The highest BCUT2D eigenvalue weighted by Gasteiger charge is 2.29. The van der Waals surface area contributed by atoms with E-state index in [-0.39, 0.29) is 6.03 Å². The third-order valence-electron chi connectivity index (χ3n) is 6.01. The first-order valence-electron chi connectivity index (χ1n) is 10.8. The Morgan fingerprint density at radius 1 is 0.964 bits per heavy atom. The van der Waals surface area contributed by atoms with Crippen LogP contribution in [0.4, 0.5) is 16.6 Å². The van der Waals surface area contributed by atoms with E-state index in [1.807, 2.05) is 4.90 Å². The van der Waals surface area contributed by atoms with Crippen LogP contribution in [0.25, 0.3) is 0 Å². The lowest BCUT2D eigenvalue weighted by Crippen LogP contribution is -2.44. The maximum absolute atomic E-state index is 12.5. The average molecular weight is 385 g/mol. The summed E-state index contributed by atoms with van der Waals surface area (Å²) in [6.07, 6.45) is 9.95. The SMILES string of the molecule is C=CCNC(=O)N1CCc2nc(N3CCCCC3)nc(N3CCCCC3)c2C1. The molecule has 1 aromatic heterocycles. The molecule has 0 atom stereocenters. The molecule has 0 aromatic carbocycles. The van der Waals surface area contributed by atoms with E-state index < -0.39 is 0 Å². The number of urea groups is 1. The van der Waals surface area contributed by atoms with Crippen LogP contribution < -0.4 is 15.1 Å². The highest BCUT2D eigenvalue weighted by molar-refractivity contribution is 5.75. The minimum absolute atomic E-state index is 0.0322. The van der Waals surface area contributed by atoms with Crippen LogP contribution in [-0.2, 0) is 13.0 Å². The van der Waals surface area contributed by atoms with Crippen LogP contribution in [0.5, 0.6) is 0 Å². The lowest BCUT2D eigenvalue weighted by atomic mass is 10.0. The zero-order chi connectivity index (χ0) is 19.3. The molecule has 3 aliphatic rings. The van der Waals surface area contributed by atoms with Crippen molar-refractivity contribution in [2.75, 3.05) is 49.1 Å². The van der Waals surface area contributed by atoms with Gasteiger partial charge >= 0.3 is 6.03 Å². The molecule has 7 nitrogen and oxygen atoms in total. The maximum atomic E-state index is 12.5. The molecule has 7 heteroatoms. The number of rotatable bonds is 4. The first-order chi connectivity index (χ1) is 13.8. The Labute approximate surface area is 167 Å². The van der Waals surface area contributed by atoms with Crippen LogP contribution in [-0.4, -0.2) is 60.2 Å². The maximum Gasteiger partial charge on any atom is 0.317 e. The van der Waals surface area contributed by atoms with E-state index in [9.17, 15) is 4.79 Å². The van der Waals surface area contributed by atoms with Gasteiger partial charge < -0.3 is 20.0 Å². The zero-order valence-electron chi connectivity index (χ0n) is 16.8. The van der Waals surface area contributed by atoms with Gasteiger partial charge in [0.05, 0.1) is 12.2 Å². The van der Waals surface area contributed by atoms with Gasteiger partial charge in [0.2, 0.25) is 5.95 Å². The summed E-state index contributed by atoms with van der Waals surface area (Å²) in [6, 6.07) is -0.0322. The molecule has 0 saturated carbocycles. The predicted octanol–water partition coefficient (Wildman–Crippen LogP) is 2.71. The van der Waals surface area contributed by atoms with Gasteiger partial charge in [-0.05, 0) is 38.5 Å². The van der Waals surface area contributed by atoms with Gasteiger partial charge in [-0.15, -0.1) is 6.58 Å². The molecule has 2 amide bonds.